The molecule has 0 saturated heterocycles. The molecule has 1 heterocycles. The number of aliphatic hydroxyl groups is 1. The molecule has 1 amide bonds. The van der Waals surface area contributed by atoms with Crippen molar-refractivity contribution in [1.29, 1.82) is 0 Å². The molecule has 36 heavy (non-hydrogen) atoms. The molecular weight excluding hydrogens is 465 g/mol. The summed E-state index contributed by atoms with van der Waals surface area (Å²) in [7, 11) is 0. The highest BCUT2D eigenvalue weighted by molar-refractivity contribution is 5.93. The van der Waals surface area contributed by atoms with Gasteiger partial charge >= 0.3 is 5.97 Å². The topological polar surface area (TPSA) is 114 Å². The summed E-state index contributed by atoms with van der Waals surface area (Å²) < 4.78 is 21.1. The van der Waals surface area contributed by atoms with Crippen molar-refractivity contribution < 1.29 is 28.9 Å². The molecule has 0 aliphatic rings. The summed E-state index contributed by atoms with van der Waals surface area (Å²) in [4.78, 5) is 24.6. The van der Waals surface area contributed by atoms with Crippen LogP contribution in [-0.2, 0) is 4.79 Å². The van der Waals surface area contributed by atoms with Gasteiger partial charge in [0, 0.05) is 6.07 Å². The molecule has 2 atom stereocenters. The van der Waals surface area contributed by atoms with E-state index in [0.29, 0.717) is 11.3 Å². The number of hydrogen-bond acceptors (Lipinski definition) is 5. The molecule has 0 saturated carbocycles. The van der Waals surface area contributed by atoms with E-state index in [9.17, 15) is 24.2 Å². The maximum Gasteiger partial charge on any atom is 0.305 e. The lowest BCUT2D eigenvalue weighted by atomic mass is 9.78. The highest BCUT2D eigenvalue weighted by Crippen LogP contribution is 2.31. The minimum Gasteiger partial charge on any atom is -0.481 e. The first-order valence-electron chi connectivity index (χ1n) is 11.6. The second kappa shape index (κ2) is 10.5. The molecule has 0 radical (unpaired) electrons. The number of benzene rings is 2. The van der Waals surface area contributed by atoms with Gasteiger partial charge in [0.05, 0.1) is 18.2 Å². The Labute approximate surface area is 209 Å². The Morgan fingerprint density at radius 3 is 2.36 bits per heavy atom. The highest BCUT2D eigenvalue weighted by atomic mass is 19.1. The zero-order valence-corrected chi connectivity index (χ0v) is 21.1. The van der Waals surface area contributed by atoms with Crippen LogP contribution >= 0.6 is 0 Å². The van der Waals surface area contributed by atoms with Crippen molar-refractivity contribution in [3.63, 3.8) is 0 Å². The average Bonchev–Trinajstić information content (AvgIpc) is 3.21. The number of aliphatic carboxylic acids is 1. The standard InChI is InChI=1S/C27H32FN3O5/c1-17-9-11-18(12-10-17)21(15-24(32)33)29-25(34)22-14-23(36-16-27(5,35)26(2,3)4)31(30-22)20-8-6-7-19(28)13-20/h6-14,21,35H,15-16H2,1-5H3,(H,29,34)(H,32,33)/t21-,27+/m0/s1. The molecule has 0 fully saturated rings. The van der Waals surface area contributed by atoms with Crippen molar-refractivity contribution in [3.8, 4) is 11.6 Å². The largest absolute Gasteiger partial charge is 0.481 e. The summed E-state index contributed by atoms with van der Waals surface area (Å²) in [5.74, 6) is -2.06. The molecular formula is C27H32FN3O5. The van der Waals surface area contributed by atoms with Crippen molar-refractivity contribution in [1.82, 2.24) is 15.1 Å². The maximum atomic E-state index is 13.9. The second-order valence-electron chi connectivity index (χ2n) is 10.1. The second-order valence-corrected chi connectivity index (χ2v) is 10.1. The van der Waals surface area contributed by atoms with Crippen molar-refractivity contribution in [2.75, 3.05) is 6.61 Å². The number of aryl methyl sites for hydroxylation is 1. The molecule has 2 aromatic carbocycles. The van der Waals surface area contributed by atoms with Crippen molar-refractivity contribution in [2.45, 2.75) is 52.7 Å². The lowest BCUT2D eigenvalue weighted by Crippen LogP contribution is -2.45. The molecule has 3 aromatic rings. The summed E-state index contributed by atoms with van der Waals surface area (Å²) in [5, 5.41) is 27.2. The lowest BCUT2D eigenvalue weighted by molar-refractivity contribution is -0.137. The first-order chi connectivity index (χ1) is 16.8. The fraction of sp³-hybridized carbons (Fsp3) is 0.370. The Bertz CT molecular complexity index is 1230. The molecule has 8 nitrogen and oxygen atoms in total. The first-order valence-corrected chi connectivity index (χ1v) is 11.6. The SMILES string of the molecule is Cc1ccc([C@H](CC(=O)O)NC(=O)c2cc(OC[C@@](C)(O)C(C)(C)C)n(-c3cccc(F)c3)n2)cc1. The van der Waals surface area contributed by atoms with Crippen molar-refractivity contribution in [3.05, 3.63) is 77.2 Å². The van der Waals surface area contributed by atoms with E-state index in [1.54, 1.807) is 25.1 Å². The molecule has 192 valence electrons. The van der Waals surface area contributed by atoms with Crippen LogP contribution in [0.4, 0.5) is 4.39 Å². The van der Waals surface area contributed by atoms with Crippen LogP contribution < -0.4 is 10.1 Å². The summed E-state index contributed by atoms with van der Waals surface area (Å²) in [6.45, 7) is 9.05. The number of amides is 1. The zero-order chi connectivity index (χ0) is 26.7. The van der Waals surface area contributed by atoms with Gasteiger partial charge in [0.15, 0.2) is 5.69 Å². The van der Waals surface area contributed by atoms with Gasteiger partial charge in [-0.05, 0) is 43.0 Å². The molecule has 9 heteroatoms. The molecule has 3 N–H and O–H groups in total. The lowest BCUT2D eigenvalue weighted by Gasteiger charge is -2.36. The fourth-order valence-electron chi connectivity index (χ4n) is 3.26. The van der Waals surface area contributed by atoms with Crippen LogP contribution in [-0.4, -0.2) is 44.1 Å². The summed E-state index contributed by atoms with van der Waals surface area (Å²) in [6.07, 6.45) is -0.322. The van der Waals surface area contributed by atoms with Gasteiger partial charge in [-0.2, -0.15) is 5.10 Å². The minimum atomic E-state index is -1.22. The molecule has 0 bridgehead atoms. The van der Waals surface area contributed by atoms with Crippen LogP contribution in [0.25, 0.3) is 5.69 Å². The average molecular weight is 498 g/mol. The number of carbonyl (C=O) groups excluding carboxylic acids is 1. The van der Waals surface area contributed by atoms with Gasteiger partial charge in [0.25, 0.3) is 5.91 Å². The van der Waals surface area contributed by atoms with E-state index in [2.05, 4.69) is 10.4 Å². The van der Waals surface area contributed by atoms with E-state index in [-0.39, 0.29) is 24.6 Å². The third-order valence-corrected chi connectivity index (χ3v) is 6.24. The van der Waals surface area contributed by atoms with E-state index in [1.165, 1.54) is 28.9 Å². The summed E-state index contributed by atoms with van der Waals surface area (Å²) in [6, 6.07) is 13.4. The van der Waals surface area contributed by atoms with E-state index < -0.39 is 34.8 Å². The molecule has 0 aliphatic carbocycles. The number of rotatable bonds is 9. The van der Waals surface area contributed by atoms with E-state index in [1.807, 2.05) is 39.8 Å². The van der Waals surface area contributed by atoms with Gasteiger partial charge in [0.1, 0.15) is 18.0 Å². The number of carboxylic acid groups (broad SMARTS) is 1. The van der Waals surface area contributed by atoms with Crippen LogP contribution in [0.5, 0.6) is 5.88 Å². The number of nitrogens with one attached hydrogen (secondary N) is 1. The van der Waals surface area contributed by atoms with E-state index in [0.717, 1.165) is 5.56 Å². The number of carbonyl (C=O) groups is 2. The van der Waals surface area contributed by atoms with Crippen molar-refractivity contribution in [2.24, 2.45) is 5.41 Å². The smallest absolute Gasteiger partial charge is 0.305 e. The molecule has 0 aliphatic heterocycles. The first kappa shape index (κ1) is 26.9. The number of aromatic nitrogens is 2. The van der Waals surface area contributed by atoms with Crippen LogP contribution in [0.15, 0.2) is 54.6 Å². The molecule has 0 unspecified atom stereocenters. The van der Waals surface area contributed by atoms with Gasteiger partial charge in [-0.15, -0.1) is 0 Å². The summed E-state index contributed by atoms with van der Waals surface area (Å²) in [5.41, 5.74) is 0.186. The third-order valence-electron chi connectivity index (χ3n) is 6.24. The van der Waals surface area contributed by atoms with Gasteiger partial charge in [-0.25, -0.2) is 9.07 Å². The van der Waals surface area contributed by atoms with Gasteiger partial charge in [-0.3, -0.25) is 9.59 Å². The monoisotopic (exact) mass is 497 g/mol. The Kier molecular flexibility index (Phi) is 7.83. The quantitative estimate of drug-likeness (QED) is 0.403. The number of nitrogens with zero attached hydrogens (tertiary/aromatic N) is 2. The van der Waals surface area contributed by atoms with Gasteiger partial charge in [-0.1, -0.05) is 56.7 Å². The minimum absolute atomic E-state index is 0.0489. The number of halogens is 1. The molecule has 0 spiro atoms. The predicted octanol–water partition coefficient (Wildman–Crippen LogP) is 4.44. The van der Waals surface area contributed by atoms with Crippen LogP contribution in [0, 0.1) is 18.2 Å². The molecule has 1 aromatic heterocycles. The van der Waals surface area contributed by atoms with Crippen molar-refractivity contribution >= 4 is 11.9 Å². The number of carboxylic acids is 1. The summed E-state index contributed by atoms with van der Waals surface area (Å²) >= 11 is 0. The predicted molar refractivity (Wildman–Crippen MR) is 133 cm³/mol. The Morgan fingerprint density at radius 1 is 1.11 bits per heavy atom. The van der Waals surface area contributed by atoms with Crippen LogP contribution in [0.3, 0.4) is 0 Å². The highest BCUT2D eigenvalue weighted by Gasteiger charge is 2.36. The fourth-order valence-corrected chi connectivity index (χ4v) is 3.26. The Balaban J connectivity index is 1.94. The van der Waals surface area contributed by atoms with Gasteiger partial charge in [0.2, 0.25) is 5.88 Å². The Morgan fingerprint density at radius 2 is 1.78 bits per heavy atom. The normalized spacial score (nSPS) is 14.1. The maximum absolute atomic E-state index is 13.9. The van der Waals surface area contributed by atoms with E-state index >= 15 is 0 Å². The zero-order valence-electron chi connectivity index (χ0n) is 21.1. The van der Waals surface area contributed by atoms with Gasteiger partial charge < -0.3 is 20.3 Å². The van der Waals surface area contributed by atoms with E-state index in [4.69, 9.17) is 4.74 Å². The Hall–Kier alpha value is -3.72. The van der Waals surface area contributed by atoms with Crippen LogP contribution in [0.2, 0.25) is 0 Å². The third kappa shape index (κ3) is 6.48. The number of hydrogen-bond donors (Lipinski definition) is 3. The van der Waals surface area contributed by atoms with Crippen LogP contribution in [0.1, 0.15) is 61.8 Å². The number of ether oxygens (including phenoxy) is 1. The molecule has 3 rings (SSSR count).